The van der Waals surface area contributed by atoms with E-state index in [2.05, 4.69) is 34.6 Å². The summed E-state index contributed by atoms with van der Waals surface area (Å²) in [5.41, 5.74) is 12.6. The molecule has 1 saturated carbocycles. The van der Waals surface area contributed by atoms with Crippen molar-refractivity contribution < 1.29 is 19.1 Å². The van der Waals surface area contributed by atoms with Crippen molar-refractivity contribution in [2.24, 2.45) is 16.1 Å². The molecule has 0 heterocycles. The maximum absolute atomic E-state index is 12.9. The number of nitrogens with two attached hydrogens (primary N) is 1. The maximum Gasteiger partial charge on any atom is 0.328 e. The lowest BCUT2D eigenvalue weighted by Crippen LogP contribution is -2.19. The summed E-state index contributed by atoms with van der Waals surface area (Å²) in [6, 6.07) is 16.0. The van der Waals surface area contributed by atoms with Gasteiger partial charge < -0.3 is 20.8 Å². The number of carbonyl (C=O) groups excluding carboxylic acids is 1. The van der Waals surface area contributed by atoms with Crippen molar-refractivity contribution >= 4 is 31.5 Å². The van der Waals surface area contributed by atoms with Gasteiger partial charge in [0.15, 0.2) is 0 Å². The van der Waals surface area contributed by atoms with Crippen molar-refractivity contribution in [3.8, 4) is 0 Å². The van der Waals surface area contributed by atoms with E-state index in [1.165, 1.54) is 24.0 Å². The van der Waals surface area contributed by atoms with Crippen molar-refractivity contribution in [1.82, 2.24) is 0 Å². The van der Waals surface area contributed by atoms with Crippen molar-refractivity contribution in [2.75, 3.05) is 12.0 Å². The third-order valence-corrected chi connectivity index (χ3v) is 7.03. The largest absolute Gasteiger partial charge is 0.402 e. The Hall–Kier alpha value is -2.57. The molecule has 0 radical (unpaired) electrons. The summed E-state index contributed by atoms with van der Waals surface area (Å²) in [4.78, 5) is 34.8. The molecule has 0 aromatic heterocycles. The highest BCUT2D eigenvalue weighted by molar-refractivity contribution is 7.39. The summed E-state index contributed by atoms with van der Waals surface area (Å²) in [6.07, 6.45) is 3.99. The highest BCUT2D eigenvalue weighted by Crippen LogP contribution is 2.64. The average molecular weight is 468 g/mol. The molecule has 1 unspecified atom stereocenters. The minimum atomic E-state index is -2.45. The summed E-state index contributed by atoms with van der Waals surface area (Å²) in [7, 11) is -2.45. The molecule has 1 spiro atoms. The van der Waals surface area contributed by atoms with E-state index >= 15 is 0 Å². The van der Waals surface area contributed by atoms with Crippen LogP contribution in [-0.4, -0.2) is 28.1 Å². The van der Waals surface area contributed by atoms with Crippen molar-refractivity contribution in [2.45, 2.75) is 45.4 Å². The lowest BCUT2D eigenvalue weighted by molar-refractivity contribution is -0.116. The first-order chi connectivity index (χ1) is 15.8. The lowest BCUT2D eigenvalue weighted by Gasteiger charge is -2.19. The Kier molecular flexibility index (Phi) is 6.96. The van der Waals surface area contributed by atoms with Crippen LogP contribution >= 0.6 is 8.60 Å². The van der Waals surface area contributed by atoms with E-state index in [1.54, 1.807) is 13.8 Å². The molecule has 1 amide bonds. The molecule has 7 nitrogen and oxygen atoms in total. The van der Waals surface area contributed by atoms with Gasteiger partial charge >= 0.3 is 8.60 Å². The quantitative estimate of drug-likeness (QED) is 0.338. The number of benzene rings is 2. The van der Waals surface area contributed by atoms with Gasteiger partial charge in [-0.25, -0.2) is 0 Å². The van der Waals surface area contributed by atoms with Gasteiger partial charge in [-0.15, -0.1) is 0 Å². The monoisotopic (exact) mass is 467 g/mol. The zero-order chi connectivity index (χ0) is 23.6. The molecular weight excluding hydrogens is 437 g/mol. The molecule has 2 aliphatic rings. The smallest absolute Gasteiger partial charge is 0.328 e. The van der Waals surface area contributed by atoms with Gasteiger partial charge in [0.25, 0.3) is 0 Å². The summed E-state index contributed by atoms with van der Waals surface area (Å²) in [5, 5.41) is 3.05. The molecule has 0 bridgehead atoms. The first-order valence-electron chi connectivity index (χ1n) is 11.1. The molecule has 1 fully saturated rings. The highest BCUT2D eigenvalue weighted by atomic mass is 31.2. The van der Waals surface area contributed by atoms with Crippen LogP contribution in [-0.2, 0) is 15.7 Å². The second-order valence-corrected chi connectivity index (χ2v) is 9.70. The predicted molar refractivity (Wildman–Crippen MR) is 131 cm³/mol. The Morgan fingerprint density at radius 2 is 1.88 bits per heavy atom. The van der Waals surface area contributed by atoms with E-state index in [9.17, 15) is 4.79 Å². The molecular formula is C25H30N3O4P. The van der Waals surface area contributed by atoms with Gasteiger partial charge in [-0.2, -0.15) is 0 Å². The third-order valence-electron chi connectivity index (χ3n) is 6.68. The lowest BCUT2D eigenvalue weighted by atomic mass is 9.86. The van der Waals surface area contributed by atoms with Crippen LogP contribution < -0.4 is 11.1 Å². The molecule has 0 aliphatic heterocycles. The number of fused-ring (bicyclic) bond motifs is 1. The number of anilines is 1. The number of hydrogen-bond acceptors (Lipinski definition) is 6. The van der Waals surface area contributed by atoms with Crippen molar-refractivity contribution in [3.63, 3.8) is 0 Å². The molecule has 2 aliphatic carbocycles. The topological polar surface area (TPSA) is 117 Å². The number of amides is 1. The second-order valence-electron chi connectivity index (χ2n) is 8.93. The Balaban J connectivity index is 1.42. The zero-order valence-electron chi connectivity index (χ0n) is 18.9. The molecule has 4 rings (SSSR count). The number of rotatable bonds is 8. The van der Waals surface area contributed by atoms with E-state index in [4.69, 9.17) is 20.0 Å². The molecule has 5 N–H and O–H groups in total. The van der Waals surface area contributed by atoms with Gasteiger partial charge in [-0.05, 0) is 73.3 Å². The van der Waals surface area contributed by atoms with Crippen LogP contribution in [0.25, 0.3) is 5.57 Å². The van der Waals surface area contributed by atoms with Crippen LogP contribution in [0.4, 0.5) is 5.69 Å². The molecule has 2 aromatic carbocycles. The molecule has 0 saturated heterocycles. The second kappa shape index (κ2) is 9.74. The number of aliphatic imine (C=N–C) groups is 1. The summed E-state index contributed by atoms with van der Waals surface area (Å²) in [5.74, 6) is 0.322. The first kappa shape index (κ1) is 23.6. The number of nitrogens with zero attached hydrogens (tertiary/aromatic N) is 1. The Labute approximate surface area is 195 Å². The number of hydrogen-bond donors (Lipinski definition) is 4. The highest BCUT2D eigenvalue weighted by Gasteiger charge is 2.54. The molecule has 8 heteroatoms. The van der Waals surface area contributed by atoms with Crippen molar-refractivity contribution in [1.29, 1.82) is 0 Å². The average Bonchev–Trinajstić information content (AvgIpc) is 3.47. The maximum atomic E-state index is 12.9. The fraction of sp³-hybridized carbons (Fsp3) is 0.360. The molecule has 174 valence electrons. The van der Waals surface area contributed by atoms with Gasteiger partial charge in [0.1, 0.15) is 6.73 Å². The van der Waals surface area contributed by atoms with Crippen LogP contribution in [0.2, 0.25) is 0 Å². The van der Waals surface area contributed by atoms with Crippen LogP contribution in [0.5, 0.6) is 0 Å². The Morgan fingerprint density at radius 1 is 1.18 bits per heavy atom. The zero-order valence-corrected chi connectivity index (χ0v) is 19.8. The summed E-state index contributed by atoms with van der Waals surface area (Å²) in [6.45, 7) is 3.40. The van der Waals surface area contributed by atoms with Gasteiger partial charge in [0.05, 0.1) is 0 Å². The van der Waals surface area contributed by atoms with Crippen LogP contribution in [0.15, 0.2) is 59.2 Å². The fourth-order valence-corrected chi connectivity index (χ4v) is 5.14. The minimum Gasteiger partial charge on any atom is -0.402 e. The van der Waals surface area contributed by atoms with Gasteiger partial charge in [-0.3, -0.25) is 14.3 Å². The molecule has 2 aromatic rings. The van der Waals surface area contributed by atoms with E-state index < -0.39 is 8.60 Å². The van der Waals surface area contributed by atoms with Crippen LogP contribution in [0, 0.1) is 5.41 Å². The van der Waals surface area contributed by atoms with Crippen molar-refractivity contribution in [3.05, 3.63) is 70.9 Å². The van der Waals surface area contributed by atoms with Crippen LogP contribution in [0.1, 0.15) is 55.7 Å². The van der Waals surface area contributed by atoms with E-state index in [0.717, 1.165) is 23.2 Å². The van der Waals surface area contributed by atoms with E-state index in [1.807, 2.05) is 24.3 Å². The van der Waals surface area contributed by atoms with Gasteiger partial charge in [-0.1, -0.05) is 36.4 Å². The van der Waals surface area contributed by atoms with E-state index in [0.29, 0.717) is 23.7 Å². The number of carbonyl (C=O) groups is 1. The minimum absolute atomic E-state index is 0.0286. The number of nitrogens with one attached hydrogen (secondary N) is 1. The molecule has 1 atom stereocenters. The first-order valence-corrected chi connectivity index (χ1v) is 12.2. The summed E-state index contributed by atoms with van der Waals surface area (Å²) < 4.78 is 4.71. The molecule has 33 heavy (non-hydrogen) atoms. The Bertz CT molecular complexity index is 1090. The predicted octanol–water partition coefficient (Wildman–Crippen LogP) is 4.47. The summed E-state index contributed by atoms with van der Waals surface area (Å²) >= 11 is 0. The standard InChI is InChI=1S/C25H30N3O4P/c1-16(26)24(17(2)27-15-32-33(30)31)18-7-9-20(10-8-18)28-23(29)13-22-21-6-4-3-5-19(21)14-25(22)11-12-25/h3-10,22,30-31H,11-15,26H2,1-2H3,(H,28,29). The third kappa shape index (κ3) is 5.33. The number of allylic oxidation sites excluding steroid dienone is 2. The Morgan fingerprint density at radius 3 is 2.52 bits per heavy atom. The SMILES string of the molecule is CC(=NCOP(O)O)C(=C(C)N)c1ccc(NC(=O)CC2c3ccccc3CC23CC3)cc1. The van der Waals surface area contributed by atoms with Crippen LogP contribution in [0.3, 0.4) is 0 Å². The normalized spacial score (nSPS) is 19.4. The fourth-order valence-electron chi connectivity index (χ4n) is 4.98. The van der Waals surface area contributed by atoms with E-state index in [-0.39, 0.29) is 18.1 Å². The van der Waals surface area contributed by atoms with Gasteiger partial charge in [0, 0.05) is 29.1 Å². The van der Waals surface area contributed by atoms with Gasteiger partial charge in [0.2, 0.25) is 5.91 Å².